The van der Waals surface area contributed by atoms with E-state index in [-0.39, 0.29) is 17.4 Å². The van der Waals surface area contributed by atoms with Gasteiger partial charge in [-0.2, -0.15) is 5.10 Å². The molecule has 0 aliphatic carbocycles. The summed E-state index contributed by atoms with van der Waals surface area (Å²) in [7, 11) is 1.46. The van der Waals surface area contributed by atoms with Crippen molar-refractivity contribution in [2.75, 3.05) is 33.3 Å². The maximum Gasteiger partial charge on any atom is 0.203 e. The maximum atomic E-state index is 14.1. The zero-order chi connectivity index (χ0) is 21.1. The van der Waals surface area contributed by atoms with E-state index in [0.717, 1.165) is 31.7 Å². The largest absolute Gasteiger partial charge is 0.494 e. The number of rotatable bonds is 6. The normalized spacial score (nSPS) is 15.4. The highest BCUT2D eigenvalue weighted by atomic mass is 32.1. The number of aromatic nitrogens is 3. The lowest BCUT2D eigenvalue weighted by Crippen LogP contribution is -2.46. The molecule has 1 saturated heterocycles. The molecule has 1 aliphatic rings. The number of methoxy groups -OCH3 is 1. The van der Waals surface area contributed by atoms with Gasteiger partial charge < -0.3 is 4.74 Å². The number of para-hydroxylation sites is 1. The van der Waals surface area contributed by atoms with Crippen molar-refractivity contribution in [3.63, 3.8) is 0 Å². The molecule has 0 spiro atoms. The van der Waals surface area contributed by atoms with Gasteiger partial charge in [-0.25, -0.2) is 13.5 Å². The predicted molar refractivity (Wildman–Crippen MR) is 112 cm³/mol. The quantitative estimate of drug-likeness (QED) is 0.559. The van der Waals surface area contributed by atoms with Crippen LogP contribution in [0, 0.1) is 16.4 Å². The van der Waals surface area contributed by atoms with Crippen molar-refractivity contribution < 1.29 is 13.5 Å². The van der Waals surface area contributed by atoms with Gasteiger partial charge in [0.05, 0.1) is 19.5 Å². The first-order valence-electron chi connectivity index (χ1n) is 9.71. The third-order valence-corrected chi connectivity index (χ3v) is 5.67. The van der Waals surface area contributed by atoms with Gasteiger partial charge in [-0.1, -0.05) is 18.2 Å². The molecule has 0 radical (unpaired) electrons. The molecule has 1 aromatic heterocycles. The summed E-state index contributed by atoms with van der Waals surface area (Å²) in [6.45, 7) is 4.63. The molecular weight excluding hydrogens is 408 g/mol. The smallest absolute Gasteiger partial charge is 0.203 e. The van der Waals surface area contributed by atoms with E-state index in [4.69, 9.17) is 17.0 Å². The molecule has 2 heterocycles. The first kappa shape index (κ1) is 20.6. The fraction of sp³-hybridized carbons (Fsp3) is 0.333. The molecule has 0 bridgehead atoms. The predicted octanol–water partition coefficient (Wildman–Crippen LogP) is 3.47. The second kappa shape index (κ2) is 9.03. The maximum absolute atomic E-state index is 14.1. The lowest BCUT2D eigenvalue weighted by Gasteiger charge is -2.34. The van der Waals surface area contributed by atoms with E-state index in [1.807, 2.05) is 6.07 Å². The summed E-state index contributed by atoms with van der Waals surface area (Å²) in [5, 5.41) is 4.34. The standard InChI is InChI=1S/C21H23F2N5OS/c1-29-20-7-6-16(12-18(20)23)13-25-8-10-26(11-9-25)15-28-21(30)27(14-24-28)19-5-3-2-4-17(19)22/h2-7,12,14H,8-11,13,15H2,1H3. The van der Waals surface area contributed by atoms with E-state index < -0.39 is 0 Å². The fourth-order valence-corrected chi connectivity index (χ4v) is 3.84. The number of halogens is 2. The third kappa shape index (κ3) is 4.43. The van der Waals surface area contributed by atoms with E-state index >= 15 is 0 Å². The molecule has 0 atom stereocenters. The van der Waals surface area contributed by atoms with E-state index in [2.05, 4.69) is 14.9 Å². The minimum absolute atomic E-state index is 0.259. The zero-order valence-corrected chi connectivity index (χ0v) is 17.5. The van der Waals surface area contributed by atoms with Gasteiger partial charge in [0.25, 0.3) is 0 Å². The van der Waals surface area contributed by atoms with Gasteiger partial charge in [-0.3, -0.25) is 14.4 Å². The highest BCUT2D eigenvalue weighted by molar-refractivity contribution is 7.71. The van der Waals surface area contributed by atoms with Crippen molar-refractivity contribution in [2.24, 2.45) is 0 Å². The van der Waals surface area contributed by atoms with Crippen LogP contribution in [0.5, 0.6) is 5.75 Å². The Balaban J connectivity index is 1.35. The van der Waals surface area contributed by atoms with Crippen molar-refractivity contribution >= 4 is 12.2 Å². The molecule has 1 fully saturated rings. The molecule has 0 amide bonds. The van der Waals surface area contributed by atoms with Crippen LogP contribution >= 0.6 is 12.2 Å². The number of ether oxygens (including phenoxy) is 1. The number of piperazine rings is 1. The van der Waals surface area contributed by atoms with Gasteiger partial charge in [0.15, 0.2) is 11.6 Å². The molecule has 158 valence electrons. The average molecular weight is 432 g/mol. The third-order valence-electron chi connectivity index (χ3n) is 5.27. The molecule has 0 saturated carbocycles. The Labute approximate surface area is 178 Å². The first-order chi connectivity index (χ1) is 14.5. The highest BCUT2D eigenvalue weighted by Crippen LogP contribution is 2.19. The van der Waals surface area contributed by atoms with Crippen LogP contribution in [0.3, 0.4) is 0 Å². The lowest BCUT2D eigenvalue weighted by atomic mass is 10.2. The Morgan fingerprint density at radius 2 is 1.73 bits per heavy atom. The minimum Gasteiger partial charge on any atom is -0.494 e. The minimum atomic E-state index is -0.339. The van der Waals surface area contributed by atoms with Gasteiger partial charge in [0.1, 0.15) is 12.1 Å². The number of hydrogen-bond acceptors (Lipinski definition) is 5. The van der Waals surface area contributed by atoms with Crippen molar-refractivity contribution in [1.82, 2.24) is 24.1 Å². The Bertz CT molecular complexity index is 1080. The summed E-state index contributed by atoms with van der Waals surface area (Å²) in [6.07, 6.45) is 1.55. The van der Waals surface area contributed by atoms with Gasteiger partial charge in [-0.15, -0.1) is 0 Å². The van der Waals surface area contributed by atoms with Crippen LogP contribution in [0.25, 0.3) is 5.69 Å². The molecular formula is C21H23F2N5OS. The van der Waals surface area contributed by atoms with E-state index in [9.17, 15) is 8.78 Å². The van der Waals surface area contributed by atoms with Crippen LogP contribution < -0.4 is 4.74 Å². The van der Waals surface area contributed by atoms with Gasteiger partial charge in [0, 0.05) is 32.7 Å². The van der Waals surface area contributed by atoms with Gasteiger partial charge in [0.2, 0.25) is 4.77 Å². The number of hydrogen-bond donors (Lipinski definition) is 0. The lowest BCUT2D eigenvalue weighted by molar-refractivity contribution is 0.0980. The van der Waals surface area contributed by atoms with Crippen LogP contribution in [0.1, 0.15) is 5.56 Å². The molecule has 9 heteroatoms. The van der Waals surface area contributed by atoms with Crippen molar-refractivity contribution in [2.45, 2.75) is 13.2 Å². The topological polar surface area (TPSA) is 38.5 Å². The number of nitrogens with zero attached hydrogens (tertiary/aromatic N) is 5. The molecule has 0 unspecified atom stereocenters. The van der Waals surface area contributed by atoms with E-state index in [1.54, 1.807) is 39.8 Å². The van der Waals surface area contributed by atoms with Crippen LogP contribution in [0.4, 0.5) is 8.78 Å². The second-order valence-corrected chi connectivity index (χ2v) is 7.60. The molecule has 6 nitrogen and oxygen atoms in total. The van der Waals surface area contributed by atoms with E-state index in [0.29, 0.717) is 23.7 Å². The van der Waals surface area contributed by atoms with Gasteiger partial charge in [-0.05, 0) is 42.0 Å². The highest BCUT2D eigenvalue weighted by Gasteiger charge is 2.19. The molecule has 3 aromatic rings. The van der Waals surface area contributed by atoms with Crippen molar-refractivity contribution in [3.05, 3.63) is 70.8 Å². The Kier molecular flexibility index (Phi) is 6.21. The van der Waals surface area contributed by atoms with Crippen LogP contribution in [-0.2, 0) is 13.2 Å². The monoisotopic (exact) mass is 431 g/mol. The SMILES string of the molecule is COc1ccc(CN2CCN(Cn3ncn(-c4ccccc4F)c3=S)CC2)cc1F. The summed E-state index contributed by atoms with van der Waals surface area (Å²) in [4.78, 5) is 4.54. The van der Waals surface area contributed by atoms with Crippen molar-refractivity contribution in [3.8, 4) is 11.4 Å². The van der Waals surface area contributed by atoms with Gasteiger partial charge >= 0.3 is 0 Å². The van der Waals surface area contributed by atoms with Crippen molar-refractivity contribution in [1.29, 1.82) is 0 Å². The summed E-state index contributed by atoms with van der Waals surface area (Å²) in [6, 6.07) is 11.6. The van der Waals surface area contributed by atoms with Crippen LogP contribution in [0.15, 0.2) is 48.8 Å². The van der Waals surface area contributed by atoms with E-state index in [1.165, 1.54) is 19.2 Å². The molecule has 30 heavy (non-hydrogen) atoms. The van der Waals surface area contributed by atoms with Crippen LogP contribution in [0.2, 0.25) is 0 Å². The molecule has 1 aliphatic heterocycles. The fourth-order valence-electron chi connectivity index (χ4n) is 3.59. The summed E-state index contributed by atoms with van der Waals surface area (Å²) in [5.41, 5.74) is 1.32. The Morgan fingerprint density at radius 3 is 2.43 bits per heavy atom. The summed E-state index contributed by atoms with van der Waals surface area (Å²) in [5.74, 6) is -0.416. The average Bonchev–Trinajstić information content (AvgIpc) is 3.10. The second-order valence-electron chi connectivity index (χ2n) is 7.24. The summed E-state index contributed by atoms with van der Waals surface area (Å²) >= 11 is 5.49. The summed E-state index contributed by atoms with van der Waals surface area (Å²) < 4.78 is 36.7. The Hall–Kier alpha value is -2.62. The molecule has 4 rings (SSSR count). The molecule has 0 N–H and O–H groups in total. The number of benzene rings is 2. The van der Waals surface area contributed by atoms with Crippen LogP contribution in [-0.4, -0.2) is 57.4 Å². The Morgan fingerprint density at radius 1 is 1.00 bits per heavy atom. The zero-order valence-electron chi connectivity index (χ0n) is 16.7. The first-order valence-corrected chi connectivity index (χ1v) is 10.1. The molecule has 2 aromatic carbocycles.